The Labute approximate surface area is 147 Å². The first-order valence-corrected chi connectivity index (χ1v) is 9.57. The van der Waals surface area contributed by atoms with Crippen molar-refractivity contribution in [2.75, 3.05) is 19.9 Å². The number of nitrogens with zero attached hydrogens (tertiary/aromatic N) is 1. The Morgan fingerprint density at radius 1 is 1.24 bits per heavy atom. The van der Waals surface area contributed by atoms with E-state index in [9.17, 15) is 13.2 Å². The van der Waals surface area contributed by atoms with Crippen molar-refractivity contribution >= 4 is 15.9 Å². The van der Waals surface area contributed by atoms with Crippen LogP contribution in [0, 0.1) is 0 Å². The normalized spacial score (nSPS) is 11.1. The van der Waals surface area contributed by atoms with Crippen LogP contribution in [0.5, 0.6) is 5.75 Å². The number of hydrogen-bond acceptors (Lipinski definition) is 5. The van der Waals surface area contributed by atoms with Gasteiger partial charge in [0.2, 0.25) is 10.0 Å². The molecule has 7 nitrogen and oxygen atoms in total. The lowest BCUT2D eigenvalue weighted by molar-refractivity contribution is 0.0954. The van der Waals surface area contributed by atoms with Crippen LogP contribution in [0.3, 0.4) is 0 Å². The lowest BCUT2D eigenvalue weighted by Crippen LogP contribution is -2.26. The SMILES string of the molecule is COc1cccc(CCNC(=O)c2ccnc(CNS(C)(=O)=O)c2)c1. The Hall–Kier alpha value is -2.45. The molecule has 0 atom stereocenters. The van der Waals surface area contributed by atoms with Crippen molar-refractivity contribution in [3.8, 4) is 5.75 Å². The van der Waals surface area contributed by atoms with E-state index in [1.165, 1.54) is 6.20 Å². The molecule has 0 unspecified atom stereocenters. The van der Waals surface area contributed by atoms with Crippen LogP contribution in [-0.4, -0.2) is 39.2 Å². The summed E-state index contributed by atoms with van der Waals surface area (Å²) in [4.78, 5) is 16.3. The van der Waals surface area contributed by atoms with Gasteiger partial charge in [0.1, 0.15) is 5.75 Å². The second kappa shape index (κ2) is 8.59. The van der Waals surface area contributed by atoms with Crippen molar-refractivity contribution in [3.63, 3.8) is 0 Å². The number of carbonyl (C=O) groups excluding carboxylic acids is 1. The van der Waals surface area contributed by atoms with Gasteiger partial charge in [-0.2, -0.15) is 0 Å². The van der Waals surface area contributed by atoms with E-state index < -0.39 is 10.0 Å². The monoisotopic (exact) mass is 363 g/mol. The summed E-state index contributed by atoms with van der Waals surface area (Å²) < 4.78 is 29.8. The molecule has 0 bridgehead atoms. The van der Waals surface area contributed by atoms with Crippen molar-refractivity contribution in [2.24, 2.45) is 0 Å². The predicted molar refractivity (Wildman–Crippen MR) is 95.0 cm³/mol. The fraction of sp³-hybridized carbons (Fsp3) is 0.294. The molecule has 25 heavy (non-hydrogen) atoms. The van der Waals surface area contributed by atoms with Crippen LogP contribution in [0.2, 0.25) is 0 Å². The van der Waals surface area contributed by atoms with Crippen LogP contribution in [-0.2, 0) is 23.0 Å². The number of carbonyl (C=O) groups is 1. The van der Waals surface area contributed by atoms with Gasteiger partial charge in [0, 0.05) is 18.3 Å². The minimum atomic E-state index is -3.31. The summed E-state index contributed by atoms with van der Waals surface area (Å²) in [5.74, 6) is 0.548. The Morgan fingerprint density at radius 3 is 2.76 bits per heavy atom. The molecule has 1 heterocycles. The fourth-order valence-electron chi connectivity index (χ4n) is 2.17. The van der Waals surface area contributed by atoms with Gasteiger partial charge in [-0.05, 0) is 36.2 Å². The van der Waals surface area contributed by atoms with Gasteiger partial charge in [0.25, 0.3) is 5.91 Å². The third kappa shape index (κ3) is 6.52. The van der Waals surface area contributed by atoms with Crippen LogP contribution < -0.4 is 14.8 Å². The van der Waals surface area contributed by atoms with Crippen LogP contribution in [0.15, 0.2) is 42.6 Å². The molecule has 0 saturated heterocycles. The van der Waals surface area contributed by atoms with Crippen LogP contribution in [0.1, 0.15) is 21.6 Å². The van der Waals surface area contributed by atoms with E-state index in [0.29, 0.717) is 24.2 Å². The number of hydrogen-bond donors (Lipinski definition) is 2. The molecule has 0 aliphatic rings. The van der Waals surface area contributed by atoms with E-state index in [0.717, 1.165) is 17.6 Å². The number of pyridine rings is 1. The molecule has 8 heteroatoms. The highest BCUT2D eigenvalue weighted by Gasteiger charge is 2.08. The summed E-state index contributed by atoms with van der Waals surface area (Å²) in [6.45, 7) is 0.523. The van der Waals surface area contributed by atoms with Gasteiger partial charge >= 0.3 is 0 Å². The molecule has 2 aromatic rings. The number of ether oxygens (including phenoxy) is 1. The smallest absolute Gasteiger partial charge is 0.251 e. The predicted octanol–water partition coefficient (Wildman–Crippen LogP) is 1.11. The van der Waals surface area contributed by atoms with Gasteiger partial charge in [-0.15, -0.1) is 0 Å². The second-order valence-corrected chi connectivity index (χ2v) is 7.32. The van der Waals surface area contributed by atoms with Crippen molar-refractivity contribution in [1.29, 1.82) is 0 Å². The lowest BCUT2D eigenvalue weighted by Gasteiger charge is -2.08. The number of aromatic nitrogens is 1. The van der Waals surface area contributed by atoms with Crippen LogP contribution in [0.4, 0.5) is 0 Å². The van der Waals surface area contributed by atoms with Gasteiger partial charge in [-0.25, -0.2) is 13.1 Å². The lowest BCUT2D eigenvalue weighted by atomic mass is 10.1. The molecule has 134 valence electrons. The Morgan fingerprint density at radius 2 is 2.04 bits per heavy atom. The summed E-state index contributed by atoms with van der Waals surface area (Å²) in [6, 6.07) is 10.8. The summed E-state index contributed by atoms with van der Waals surface area (Å²) in [6.07, 6.45) is 3.23. The summed E-state index contributed by atoms with van der Waals surface area (Å²) in [5, 5.41) is 2.84. The molecule has 0 spiro atoms. The summed E-state index contributed by atoms with van der Waals surface area (Å²) >= 11 is 0. The van der Waals surface area contributed by atoms with E-state index in [1.807, 2.05) is 24.3 Å². The second-order valence-electron chi connectivity index (χ2n) is 5.49. The summed E-state index contributed by atoms with van der Waals surface area (Å²) in [7, 11) is -1.70. The molecular formula is C17H21N3O4S. The largest absolute Gasteiger partial charge is 0.497 e. The van der Waals surface area contributed by atoms with Gasteiger partial charge in [-0.3, -0.25) is 9.78 Å². The van der Waals surface area contributed by atoms with Crippen molar-refractivity contribution in [3.05, 3.63) is 59.4 Å². The highest BCUT2D eigenvalue weighted by Crippen LogP contribution is 2.12. The highest BCUT2D eigenvalue weighted by atomic mass is 32.2. The number of methoxy groups -OCH3 is 1. The first-order chi connectivity index (χ1) is 11.9. The molecule has 0 fully saturated rings. The van der Waals surface area contributed by atoms with Gasteiger partial charge in [0.05, 0.1) is 25.6 Å². The zero-order valence-corrected chi connectivity index (χ0v) is 15.0. The number of benzene rings is 1. The van der Waals surface area contributed by atoms with Crippen molar-refractivity contribution < 1.29 is 17.9 Å². The maximum Gasteiger partial charge on any atom is 0.251 e. The van der Waals surface area contributed by atoms with E-state index in [-0.39, 0.29) is 12.5 Å². The van der Waals surface area contributed by atoms with E-state index in [4.69, 9.17) is 4.74 Å². The fourth-order valence-corrected chi connectivity index (χ4v) is 2.58. The number of rotatable bonds is 8. The molecule has 2 rings (SSSR count). The molecule has 0 saturated carbocycles. The van der Waals surface area contributed by atoms with Crippen molar-refractivity contribution in [1.82, 2.24) is 15.0 Å². The molecular weight excluding hydrogens is 342 g/mol. The van der Waals surface area contributed by atoms with E-state index >= 15 is 0 Å². The average Bonchev–Trinajstić information content (AvgIpc) is 2.60. The number of nitrogens with one attached hydrogen (secondary N) is 2. The van der Waals surface area contributed by atoms with Gasteiger partial charge in [-0.1, -0.05) is 12.1 Å². The van der Waals surface area contributed by atoms with E-state index in [2.05, 4.69) is 15.0 Å². The van der Waals surface area contributed by atoms with Crippen LogP contribution in [0.25, 0.3) is 0 Å². The molecule has 1 amide bonds. The number of sulfonamides is 1. The summed E-state index contributed by atoms with van der Waals surface area (Å²) in [5.41, 5.74) is 1.98. The van der Waals surface area contributed by atoms with Crippen LogP contribution >= 0.6 is 0 Å². The first kappa shape index (κ1) is 18.9. The maximum atomic E-state index is 12.2. The standard InChI is InChI=1S/C17H21N3O4S/c1-24-16-5-3-4-13(10-16)6-8-19-17(21)14-7-9-18-15(11-14)12-20-25(2,22)23/h3-5,7,9-11,20H,6,8,12H2,1-2H3,(H,19,21). The van der Waals surface area contributed by atoms with Crippen molar-refractivity contribution in [2.45, 2.75) is 13.0 Å². The first-order valence-electron chi connectivity index (χ1n) is 7.68. The third-order valence-corrected chi connectivity index (χ3v) is 4.10. The maximum absolute atomic E-state index is 12.2. The Bertz CT molecular complexity index is 837. The molecule has 0 radical (unpaired) electrons. The molecule has 0 aliphatic heterocycles. The third-order valence-electron chi connectivity index (χ3n) is 3.43. The van der Waals surface area contributed by atoms with E-state index in [1.54, 1.807) is 19.2 Å². The Kier molecular flexibility index (Phi) is 6.49. The highest BCUT2D eigenvalue weighted by molar-refractivity contribution is 7.88. The Balaban J connectivity index is 1.90. The minimum absolute atomic E-state index is 0.0454. The molecule has 0 aliphatic carbocycles. The number of amides is 1. The average molecular weight is 363 g/mol. The molecule has 1 aromatic heterocycles. The minimum Gasteiger partial charge on any atom is -0.497 e. The van der Waals surface area contributed by atoms with Gasteiger partial charge in [0.15, 0.2) is 0 Å². The van der Waals surface area contributed by atoms with Gasteiger partial charge < -0.3 is 10.1 Å². The zero-order valence-electron chi connectivity index (χ0n) is 14.2. The topological polar surface area (TPSA) is 97.4 Å². The zero-order chi connectivity index (χ0) is 18.3. The molecule has 2 N–H and O–H groups in total. The quantitative estimate of drug-likeness (QED) is 0.732. The molecule has 1 aromatic carbocycles.